The van der Waals surface area contributed by atoms with Gasteiger partial charge >= 0.3 is 0 Å². The number of piperidine rings is 1. The monoisotopic (exact) mass is 522 g/mol. The number of rotatable bonds is 12. The van der Waals surface area contributed by atoms with Crippen LogP contribution in [0.25, 0.3) is 11.3 Å². The molecule has 0 radical (unpaired) electrons. The predicted octanol–water partition coefficient (Wildman–Crippen LogP) is 5.31. The van der Waals surface area contributed by atoms with E-state index in [1.165, 1.54) is 0 Å². The lowest BCUT2D eigenvalue weighted by Crippen LogP contribution is -2.31. The van der Waals surface area contributed by atoms with E-state index in [1.54, 1.807) is 19.5 Å². The molecule has 3 heterocycles. The Morgan fingerprint density at radius 1 is 1.13 bits per heavy atom. The molecule has 1 aliphatic rings. The Morgan fingerprint density at radius 3 is 2.63 bits per heavy atom. The van der Waals surface area contributed by atoms with Gasteiger partial charge in [-0.1, -0.05) is 39.2 Å². The van der Waals surface area contributed by atoms with E-state index in [-0.39, 0.29) is 11.7 Å². The van der Waals surface area contributed by atoms with E-state index in [2.05, 4.69) is 29.0 Å². The van der Waals surface area contributed by atoms with E-state index >= 15 is 0 Å². The molecule has 9 nitrogen and oxygen atoms in total. The van der Waals surface area contributed by atoms with E-state index in [1.807, 2.05) is 36.0 Å². The zero-order chi connectivity index (χ0) is 27.1. The number of methoxy groups -OCH3 is 1. The van der Waals surface area contributed by atoms with Crippen molar-refractivity contribution in [2.75, 3.05) is 33.0 Å². The Morgan fingerprint density at radius 2 is 1.92 bits per heavy atom. The minimum atomic E-state index is -0.920. The molecule has 2 aromatic heterocycles. The molecule has 0 saturated carbocycles. The SMILES string of the molecule is CCCCCC(O)(CC)c1cc(COC)cc(-c2cnc(N)c(Oc3cnn(C4CCN(C)CC4)c3)n2)c1. The molecule has 38 heavy (non-hydrogen) atoms. The van der Waals surface area contributed by atoms with Gasteiger partial charge in [0.2, 0.25) is 0 Å². The second-order valence-electron chi connectivity index (χ2n) is 10.4. The number of likely N-dealkylation sites (tertiary alicyclic amines) is 1. The smallest absolute Gasteiger partial charge is 0.263 e. The van der Waals surface area contributed by atoms with Crippen LogP contribution in [-0.2, 0) is 16.9 Å². The van der Waals surface area contributed by atoms with Crippen LogP contribution in [0.1, 0.15) is 76.0 Å². The van der Waals surface area contributed by atoms with Gasteiger partial charge in [-0.05, 0) is 69.1 Å². The lowest BCUT2D eigenvalue weighted by Gasteiger charge is -2.28. The van der Waals surface area contributed by atoms with Crippen LogP contribution < -0.4 is 10.5 Å². The third-order valence-corrected chi connectivity index (χ3v) is 7.54. The number of benzene rings is 1. The second-order valence-corrected chi connectivity index (χ2v) is 10.4. The van der Waals surface area contributed by atoms with Crippen molar-refractivity contribution in [3.63, 3.8) is 0 Å². The zero-order valence-corrected chi connectivity index (χ0v) is 23.2. The van der Waals surface area contributed by atoms with Crippen LogP contribution in [0.15, 0.2) is 36.8 Å². The summed E-state index contributed by atoms with van der Waals surface area (Å²) in [6.07, 6.45) is 11.8. The maximum atomic E-state index is 11.6. The molecular weight excluding hydrogens is 480 g/mol. The van der Waals surface area contributed by atoms with Crippen molar-refractivity contribution in [1.29, 1.82) is 0 Å². The van der Waals surface area contributed by atoms with E-state index in [9.17, 15) is 5.11 Å². The molecule has 0 aliphatic carbocycles. The third kappa shape index (κ3) is 6.70. The fourth-order valence-corrected chi connectivity index (χ4v) is 5.09. The number of ether oxygens (including phenoxy) is 2. The van der Waals surface area contributed by atoms with E-state index in [0.717, 1.165) is 61.9 Å². The first kappa shape index (κ1) is 28.0. The molecule has 0 bridgehead atoms. The summed E-state index contributed by atoms with van der Waals surface area (Å²) >= 11 is 0. The quantitative estimate of drug-likeness (QED) is 0.308. The Balaban J connectivity index is 1.60. The maximum absolute atomic E-state index is 11.6. The number of unbranched alkanes of at least 4 members (excludes halogenated alkanes) is 2. The number of hydrogen-bond donors (Lipinski definition) is 2. The van der Waals surface area contributed by atoms with Crippen LogP contribution in [0.4, 0.5) is 5.82 Å². The van der Waals surface area contributed by atoms with Gasteiger partial charge < -0.3 is 25.2 Å². The van der Waals surface area contributed by atoms with Gasteiger partial charge in [-0.3, -0.25) is 4.68 Å². The van der Waals surface area contributed by atoms with Gasteiger partial charge in [0.1, 0.15) is 0 Å². The molecule has 1 aromatic carbocycles. The molecule has 1 saturated heterocycles. The number of nitrogens with zero attached hydrogens (tertiary/aromatic N) is 5. The summed E-state index contributed by atoms with van der Waals surface area (Å²) in [5.74, 6) is 1.02. The molecule has 9 heteroatoms. The minimum absolute atomic E-state index is 0.207. The van der Waals surface area contributed by atoms with Gasteiger partial charge in [0.05, 0.1) is 42.5 Å². The molecule has 4 rings (SSSR count). The topological polar surface area (TPSA) is 112 Å². The van der Waals surface area contributed by atoms with Crippen LogP contribution in [0.5, 0.6) is 11.6 Å². The molecule has 1 aliphatic heterocycles. The summed E-state index contributed by atoms with van der Waals surface area (Å²) in [6, 6.07) is 6.39. The summed E-state index contributed by atoms with van der Waals surface area (Å²) in [6.45, 7) is 6.72. The standard InChI is InChI=1S/C29H42N6O3/c1-5-7-8-11-29(36,6-2)23-15-21(20-37-4)14-22(16-23)26-18-31-27(30)28(33-26)38-25-17-32-35(19-25)24-9-12-34(3)13-10-24/h14-19,24,36H,5-13,20H2,1-4H3,(H2,30,31). The zero-order valence-electron chi connectivity index (χ0n) is 23.2. The van der Waals surface area contributed by atoms with Crippen molar-refractivity contribution >= 4 is 5.82 Å². The van der Waals surface area contributed by atoms with Crippen molar-refractivity contribution in [1.82, 2.24) is 24.6 Å². The molecule has 0 spiro atoms. The number of anilines is 1. The molecular formula is C29H42N6O3. The highest BCUT2D eigenvalue weighted by molar-refractivity contribution is 5.63. The first-order valence-corrected chi connectivity index (χ1v) is 13.7. The van der Waals surface area contributed by atoms with Gasteiger partial charge in [0.25, 0.3) is 5.88 Å². The van der Waals surface area contributed by atoms with E-state index < -0.39 is 5.60 Å². The van der Waals surface area contributed by atoms with Crippen LogP contribution in [0, 0.1) is 0 Å². The lowest BCUT2D eigenvalue weighted by molar-refractivity contribution is 0.0206. The van der Waals surface area contributed by atoms with Gasteiger partial charge in [0, 0.05) is 12.7 Å². The van der Waals surface area contributed by atoms with E-state index in [4.69, 9.17) is 20.2 Å². The highest BCUT2D eigenvalue weighted by Gasteiger charge is 2.28. The summed E-state index contributed by atoms with van der Waals surface area (Å²) in [4.78, 5) is 11.4. The number of aromatic nitrogens is 4. The minimum Gasteiger partial charge on any atom is -0.433 e. The lowest BCUT2D eigenvalue weighted by atomic mass is 9.84. The van der Waals surface area contributed by atoms with E-state index in [0.29, 0.717) is 36.9 Å². The summed E-state index contributed by atoms with van der Waals surface area (Å²) in [5.41, 5.74) is 8.50. The number of nitrogen functional groups attached to an aromatic ring is 1. The average Bonchev–Trinajstić information content (AvgIpc) is 3.39. The van der Waals surface area contributed by atoms with Crippen LogP contribution >= 0.6 is 0 Å². The molecule has 1 atom stereocenters. The number of nitrogens with two attached hydrogens (primary N) is 1. The van der Waals surface area contributed by atoms with Gasteiger partial charge in [-0.2, -0.15) is 5.10 Å². The first-order chi connectivity index (χ1) is 18.3. The molecule has 1 fully saturated rings. The second kappa shape index (κ2) is 12.7. The van der Waals surface area contributed by atoms with Crippen LogP contribution in [-0.4, -0.2) is 57.0 Å². The maximum Gasteiger partial charge on any atom is 0.263 e. The Bertz CT molecular complexity index is 1190. The summed E-state index contributed by atoms with van der Waals surface area (Å²) in [5, 5.41) is 16.1. The molecule has 3 N–H and O–H groups in total. The number of aliphatic hydroxyl groups is 1. The Hall–Kier alpha value is -3.01. The number of hydrogen-bond acceptors (Lipinski definition) is 8. The van der Waals surface area contributed by atoms with Crippen molar-refractivity contribution in [3.05, 3.63) is 47.9 Å². The Labute approximate surface area is 226 Å². The average molecular weight is 523 g/mol. The van der Waals surface area contributed by atoms with Gasteiger partial charge in [-0.15, -0.1) is 0 Å². The molecule has 3 aromatic rings. The van der Waals surface area contributed by atoms with Crippen LogP contribution in [0.3, 0.4) is 0 Å². The predicted molar refractivity (Wildman–Crippen MR) is 149 cm³/mol. The van der Waals surface area contributed by atoms with Gasteiger partial charge in [0.15, 0.2) is 11.6 Å². The molecule has 1 unspecified atom stereocenters. The molecule has 0 amide bonds. The Kier molecular flexibility index (Phi) is 9.35. The highest BCUT2D eigenvalue weighted by Crippen LogP contribution is 2.35. The van der Waals surface area contributed by atoms with Crippen molar-refractivity contribution in [3.8, 4) is 22.9 Å². The molecule has 206 valence electrons. The van der Waals surface area contributed by atoms with Gasteiger partial charge in [-0.25, -0.2) is 9.97 Å². The van der Waals surface area contributed by atoms with Crippen LogP contribution in [0.2, 0.25) is 0 Å². The van der Waals surface area contributed by atoms with Crippen molar-refractivity contribution < 1.29 is 14.6 Å². The summed E-state index contributed by atoms with van der Waals surface area (Å²) in [7, 11) is 3.81. The normalized spacial score (nSPS) is 16.4. The highest BCUT2D eigenvalue weighted by atomic mass is 16.5. The first-order valence-electron chi connectivity index (χ1n) is 13.7. The summed E-state index contributed by atoms with van der Waals surface area (Å²) < 4.78 is 13.5. The largest absolute Gasteiger partial charge is 0.433 e. The van der Waals surface area contributed by atoms with Crippen molar-refractivity contribution in [2.45, 2.75) is 77.0 Å². The fraction of sp³-hybridized carbons (Fsp3) is 0.552. The third-order valence-electron chi connectivity index (χ3n) is 7.54. The fourth-order valence-electron chi connectivity index (χ4n) is 5.09. The van der Waals surface area contributed by atoms with Crippen molar-refractivity contribution in [2.24, 2.45) is 0 Å².